The third-order valence-corrected chi connectivity index (χ3v) is 8.47. The summed E-state index contributed by atoms with van der Waals surface area (Å²) in [6, 6.07) is 12.5. The predicted molar refractivity (Wildman–Crippen MR) is 196 cm³/mol. The first-order valence-electron chi connectivity index (χ1n) is 17.5. The van der Waals surface area contributed by atoms with Gasteiger partial charge in [-0.1, -0.05) is 63.1 Å². The zero-order valence-corrected chi connectivity index (χ0v) is 29.7. The standard InChI is InChI=1S/C39H45N5O9/c1-3-5-6-7-16-51-39(50)44-36(41)27-12-10-24(11-13-27)17-33(46)31-18-26(4-2)28(22-45)19-30(31)29-14-15-32(37(48)42-21-25-8-9-25)43-35(29)38(49)53-23-52-34(47)20-40/h4,10-15,18-19,25,45H,2-3,5-9,16-17,20-23,40H2,1H3,(H,42,48)(H2,41,44,50). The topological polar surface area (TPSA) is 220 Å². The molecule has 1 saturated carbocycles. The van der Waals surface area contributed by atoms with Gasteiger partial charge in [0.15, 0.2) is 11.5 Å². The molecule has 3 aromatic rings. The Morgan fingerprint density at radius 1 is 1.00 bits per heavy atom. The summed E-state index contributed by atoms with van der Waals surface area (Å²) in [5, 5.41) is 23.7. The number of Topliss-reactive ketones (excluding diaryl/α,β-unsaturated/α-hetero) is 1. The van der Waals surface area contributed by atoms with E-state index in [2.05, 4.69) is 29.1 Å². The average Bonchev–Trinajstić information content (AvgIpc) is 4.01. The highest BCUT2D eigenvalue weighted by molar-refractivity contribution is 6.08. The third kappa shape index (κ3) is 11.6. The molecule has 1 fully saturated rings. The SMILES string of the molecule is C=Cc1cc(C(=O)Cc2ccc(C(=N)NC(=O)OCCCCCC)cc2)c(-c2ccc(C(=O)NCC3CC3)nc2C(=O)OCOC(=O)CN)cc1CO. The van der Waals surface area contributed by atoms with Crippen LogP contribution in [-0.4, -0.2) is 72.1 Å². The quantitative estimate of drug-likeness (QED) is 0.0285. The minimum atomic E-state index is -1.04. The van der Waals surface area contributed by atoms with Crippen LogP contribution in [0, 0.1) is 11.3 Å². The maximum absolute atomic E-state index is 14.0. The van der Waals surface area contributed by atoms with Gasteiger partial charge in [0.05, 0.1) is 19.8 Å². The number of carbonyl (C=O) groups is 5. The summed E-state index contributed by atoms with van der Waals surface area (Å²) in [4.78, 5) is 68.4. The first-order chi connectivity index (χ1) is 25.6. The Morgan fingerprint density at radius 2 is 1.75 bits per heavy atom. The van der Waals surface area contributed by atoms with Crippen LogP contribution in [0.1, 0.15) is 99.0 Å². The number of unbranched alkanes of at least 4 members (excludes halogenated alkanes) is 3. The molecule has 1 aromatic heterocycles. The molecular weight excluding hydrogens is 682 g/mol. The molecule has 4 rings (SSSR count). The number of benzene rings is 2. The molecule has 0 bridgehead atoms. The van der Waals surface area contributed by atoms with E-state index in [0.29, 0.717) is 34.7 Å². The van der Waals surface area contributed by atoms with Gasteiger partial charge in [-0.2, -0.15) is 0 Å². The lowest BCUT2D eigenvalue weighted by Crippen LogP contribution is -2.31. The highest BCUT2D eigenvalue weighted by Crippen LogP contribution is 2.32. The maximum Gasteiger partial charge on any atom is 0.412 e. The number of ether oxygens (including phenoxy) is 3. The van der Waals surface area contributed by atoms with Crippen LogP contribution >= 0.6 is 0 Å². The molecule has 0 radical (unpaired) electrons. The van der Waals surface area contributed by atoms with Crippen LogP contribution in [0.15, 0.2) is 55.1 Å². The number of amides is 2. The van der Waals surface area contributed by atoms with Crippen molar-refractivity contribution in [3.63, 3.8) is 0 Å². The van der Waals surface area contributed by atoms with E-state index in [0.717, 1.165) is 38.5 Å². The predicted octanol–water partition coefficient (Wildman–Crippen LogP) is 4.70. The average molecular weight is 728 g/mol. The Labute approximate surface area is 307 Å². The number of nitrogens with one attached hydrogen (secondary N) is 3. The van der Waals surface area contributed by atoms with Gasteiger partial charge in [0, 0.05) is 29.7 Å². The second-order valence-corrected chi connectivity index (χ2v) is 12.5. The smallest absolute Gasteiger partial charge is 0.412 e. The minimum Gasteiger partial charge on any atom is -0.449 e. The molecule has 0 saturated heterocycles. The van der Waals surface area contributed by atoms with Crippen molar-refractivity contribution in [2.45, 2.75) is 58.5 Å². The lowest BCUT2D eigenvalue weighted by Gasteiger charge is -2.17. The van der Waals surface area contributed by atoms with Crippen LogP contribution in [0.25, 0.3) is 17.2 Å². The Bertz CT molecular complexity index is 1840. The van der Waals surface area contributed by atoms with Gasteiger partial charge in [0.1, 0.15) is 11.5 Å². The summed E-state index contributed by atoms with van der Waals surface area (Å²) >= 11 is 0. The number of amidine groups is 1. The van der Waals surface area contributed by atoms with Crippen LogP contribution in [0.5, 0.6) is 0 Å². The molecule has 2 amide bonds. The van der Waals surface area contributed by atoms with Gasteiger partial charge >= 0.3 is 18.0 Å². The molecule has 1 heterocycles. The molecule has 14 nitrogen and oxygen atoms in total. The van der Waals surface area contributed by atoms with E-state index < -0.39 is 43.9 Å². The van der Waals surface area contributed by atoms with Crippen LogP contribution in [0.4, 0.5) is 4.79 Å². The molecule has 6 N–H and O–H groups in total. The van der Waals surface area contributed by atoms with Crippen LogP contribution in [-0.2, 0) is 32.0 Å². The summed E-state index contributed by atoms with van der Waals surface area (Å²) in [7, 11) is 0. The normalized spacial score (nSPS) is 12.0. The number of ketones is 1. The summed E-state index contributed by atoms with van der Waals surface area (Å²) in [6.45, 7) is 5.00. The van der Waals surface area contributed by atoms with E-state index in [4.69, 9.17) is 25.4 Å². The molecule has 1 aliphatic carbocycles. The van der Waals surface area contributed by atoms with E-state index in [1.165, 1.54) is 24.3 Å². The van der Waals surface area contributed by atoms with E-state index in [1.807, 2.05) is 0 Å². The number of alkyl carbamates (subject to hydrolysis) is 1. The number of hydrogen-bond acceptors (Lipinski definition) is 12. The van der Waals surface area contributed by atoms with Crippen molar-refractivity contribution in [3.05, 3.63) is 94.3 Å². The molecule has 280 valence electrons. The Hall–Kier alpha value is -5.73. The van der Waals surface area contributed by atoms with Gasteiger partial charge in [-0.15, -0.1) is 0 Å². The summed E-state index contributed by atoms with van der Waals surface area (Å²) in [6.07, 6.45) is 6.50. The molecule has 53 heavy (non-hydrogen) atoms. The van der Waals surface area contributed by atoms with E-state index in [1.54, 1.807) is 30.3 Å². The monoisotopic (exact) mass is 727 g/mol. The van der Waals surface area contributed by atoms with Gasteiger partial charge in [-0.3, -0.25) is 25.1 Å². The number of nitrogens with zero attached hydrogens (tertiary/aromatic N) is 1. The molecule has 0 aliphatic heterocycles. The van der Waals surface area contributed by atoms with Crippen LogP contribution in [0.3, 0.4) is 0 Å². The van der Waals surface area contributed by atoms with Crippen molar-refractivity contribution in [3.8, 4) is 11.1 Å². The van der Waals surface area contributed by atoms with Gasteiger partial charge in [0.25, 0.3) is 5.91 Å². The third-order valence-electron chi connectivity index (χ3n) is 8.47. The number of aliphatic hydroxyl groups excluding tert-OH is 1. The van der Waals surface area contributed by atoms with Crippen molar-refractivity contribution in [1.82, 2.24) is 15.6 Å². The van der Waals surface area contributed by atoms with Crippen LogP contribution in [0.2, 0.25) is 0 Å². The first-order valence-corrected chi connectivity index (χ1v) is 17.5. The van der Waals surface area contributed by atoms with Crippen molar-refractivity contribution in [2.75, 3.05) is 26.5 Å². The first kappa shape index (κ1) is 40.0. The number of nitrogens with two attached hydrogens (primary N) is 1. The molecule has 0 spiro atoms. The Morgan fingerprint density at radius 3 is 2.42 bits per heavy atom. The molecule has 1 aliphatic rings. The number of aromatic nitrogens is 1. The lowest BCUT2D eigenvalue weighted by atomic mass is 9.89. The number of esters is 2. The fourth-order valence-electron chi connectivity index (χ4n) is 5.30. The highest BCUT2D eigenvalue weighted by atomic mass is 16.7. The molecule has 0 atom stereocenters. The molecule has 0 unspecified atom stereocenters. The number of aliphatic hydroxyl groups is 1. The number of hydrogen-bond donors (Lipinski definition) is 5. The van der Waals surface area contributed by atoms with Gasteiger partial charge < -0.3 is 30.4 Å². The molecule has 14 heteroatoms. The van der Waals surface area contributed by atoms with Crippen molar-refractivity contribution in [1.29, 1.82) is 5.41 Å². The summed E-state index contributed by atoms with van der Waals surface area (Å²) < 4.78 is 15.1. The minimum absolute atomic E-state index is 0.0707. The Kier molecular flexibility index (Phi) is 14.9. The zero-order valence-electron chi connectivity index (χ0n) is 29.7. The summed E-state index contributed by atoms with van der Waals surface area (Å²) in [5.74, 6) is -2.49. The Balaban J connectivity index is 1.61. The fraction of sp³-hybridized carbons (Fsp3) is 0.359. The number of pyridine rings is 1. The fourth-order valence-corrected chi connectivity index (χ4v) is 5.30. The highest BCUT2D eigenvalue weighted by Gasteiger charge is 2.26. The molecular formula is C39H45N5O9. The van der Waals surface area contributed by atoms with Crippen molar-refractivity contribution < 1.29 is 43.3 Å². The summed E-state index contributed by atoms with van der Waals surface area (Å²) in [5.41, 5.74) is 7.25. The lowest BCUT2D eigenvalue weighted by molar-refractivity contribution is -0.150. The van der Waals surface area contributed by atoms with Gasteiger partial charge in [0.2, 0.25) is 6.79 Å². The zero-order chi connectivity index (χ0) is 38.3. The second kappa shape index (κ2) is 19.8. The van der Waals surface area contributed by atoms with Gasteiger partial charge in [-0.05, 0) is 71.7 Å². The van der Waals surface area contributed by atoms with Gasteiger partial charge in [-0.25, -0.2) is 14.6 Å². The van der Waals surface area contributed by atoms with Crippen molar-refractivity contribution >= 4 is 41.6 Å². The molecule has 2 aromatic carbocycles. The van der Waals surface area contributed by atoms with E-state index in [9.17, 15) is 29.1 Å². The second-order valence-electron chi connectivity index (χ2n) is 12.5. The van der Waals surface area contributed by atoms with Crippen LogP contribution < -0.4 is 16.4 Å². The largest absolute Gasteiger partial charge is 0.449 e. The number of rotatable bonds is 19. The van der Waals surface area contributed by atoms with Crippen molar-refractivity contribution in [2.24, 2.45) is 11.7 Å². The number of carbonyl (C=O) groups excluding carboxylic acids is 5. The van der Waals surface area contributed by atoms with E-state index in [-0.39, 0.29) is 52.7 Å². The maximum atomic E-state index is 14.0. The van der Waals surface area contributed by atoms with E-state index >= 15 is 0 Å².